The van der Waals surface area contributed by atoms with Crippen LogP contribution in [0.25, 0.3) is 0 Å². The average molecular weight is 124 g/mol. The van der Waals surface area contributed by atoms with E-state index >= 15 is 0 Å². The zero-order valence-corrected chi connectivity index (χ0v) is 5.55. The molecule has 1 aliphatic heterocycles. The van der Waals surface area contributed by atoms with E-state index in [4.69, 9.17) is 4.74 Å². The van der Waals surface area contributed by atoms with Gasteiger partial charge < -0.3 is 4.74 Å². The predicted molar refractivity (Wildman–Crippen MR) is 38.3 cm³/mol. The first kappa shape index (κ1) is 6.56. The summed E-state index contributed by atoms with van der Waals surface area (Å²) in [6.07, 6.45) is 6.44. The van der Waals surface area contributed by atoms with Crippen LogP contribution in [0.4, 0.5) is 0 Å². The van der Waals surface area contributed by atoms with Gasteiger partial charge >= 0.3 is 0 Å². The Labute approximate surface area is 56.0 Å². The van der Waals surface area contributed by atoms with Crippen molar-refractivity contribution in [3.05, 3.63) is 25.3 Å². The molecule has 0 aromatic rings. The minimum absolute atomic E-state index is 0.271. The molecule has 0 saturated carbocycles. The van der Waals surface area contributed by atoms with Crippen molar-refractivity contribution in [1.82, 2.24) is 0 Å². The minimum Gasteiger partial charge on any atom is -0.367 e. The van der Waals surface area contributed by atoms with E-state index in [2.05, 4.69) is 13.2 Å². The highest BCUT2D eigenvalue weighted by atomic mass is 16.5. The van der Waals surface area contributed by atoms with Crippen molar-refractivity contribution in [3.8, 4) is 0 Å². The maximum absolute atomic E-state index is 5.42. The largest absolute Gasteiger partial charge is 0.367 e. The van der Waals surface area contributed by atoms with E-state index < -0.39 is 0 Å². The molecular weight excluding hydrogens is 112 g/mol. The molecular formula is C8H12O. The third-order valence-corrected chi connectivity index (χ3v) is 1.61. The van der Waals surface area contributed by atoms with Crippen LogP contribution in [0.5, 0.6) is 0 Å². The molecule has 1 heteroatoms. The first-order valence-corrected chi connectivity index (χ1v) is 3.27. The van der Waals surface area contributed by atoms with Gasteiger partial charge in [0.1, 0.15) is 0 Å². The maximum Gasteiger partial charge on any atom is 0.0762 e. The molecule has 1 heterocycles. The topological polar surface area (TPSA) is 9.23 Å². The highest BCUT2D eigenvalue weighted by Gasteiger charge is 2.19. The van der Waals surface area contributed by atoms with Gasteiger partial charge in [0.15, 0.2) is 0 Å². The number of hydrogen-bond acceptors (Lipinski definition) is 1. The van der Waals surface area contributed by atoms with Crippen molar-refractivity contribution in [2.45, 2.75) is 25.0 Å². The van der Waals surface area contributed by atoms with Gasteiger partial charge in [0.2, 0.25) is 0 Å². The van der Waals surface area contributed by atoms with Gasteiger partial charge in [-0.25, -0.2) is 0 Å². The Balaban J connectivity index is 2.36. The number of rotatable bonds is 2. The Morgan fingerprint density at radius 3 is 1.78 bits per heavy atom. The highest BCUT2D eigenvalue weighted by Crippen LogP contribution is 2.20. The molecule has 2 atom stereocenters. The molecule has 1 saturated heterocycles. The monoisotopic (exact) mass is 124 g/mol. The molecule has 9 heavy (non-hydrogen) atoms. The van der Waals surface area contributed by atoms with Gasteiger partial charge in [-0.15, -0.1) is 13.2 Å². The van der Waals surface area contributed by atoms with Crippen LogP contribution >= 0.6 is 0 Å². The van der Waals surface area contributed by atoms with Gasteiger partial charge in [0.25, 0.3) is 0 Å². The molecule has 1 fully saturated rings. The molecule has 0 bridgehead atoms. The third-order valence-electron chi connectivity index (χ3n) is 1.61. The minimum atomic E-state index is 0.271. The summed E-state index contributed by atoms with van der Waals surface area (Å²) >= 11 is 0. The summed E-state index contributed by atoms with van der Waals surface area (Å²) in [5.41, 5.74) is 0. The van der Waals surface area contributed by atoms with E-state index in [0.717, 1.165) is 12.8 Å². The summed E-state index contributed by atoms with van der Waals surface area (Å²) in [6, 6.07) is 0. The average Bonchev–Trinajstić information content (AvgIpc) is 2.34. The molecule has 0 amide bonds. The lowest BCUT2D eigenvalue weighted by Gasteiger charge is -2.04. The van der Waals surface area contributed by atoms with Crippen LogP contribution in [0, 0.1) is 0 Å². The zero-order valence-electron chi connectivity index (χ0n) is 5.55. The van der Waals surface area contributed by atoms with Crippen molar-refractivity contribution < 1.29 is 4.74 Å². The SMILES string of the molecule is C=C[C@@H]1CC[C@H](C=C)O1. The summed E-state index contributed by atoms with van der Waals surface area (Å²) in [6.45, 7) is 7.30. The van der Waals surface area contributed by atoms with Crippen LogP contribution in [-0.2, 0) is 4.74 Å². The molecule has 0 radical (unpaired) electrons. The molecule has 0 N–H and O–H groups in total. The van der Waals surface area contributed by atoms with Crippen LogP contribution in [0.1, 0.15) is 12.8 Å². The molecule has 1 aliphatic rings. The lowest BCUT2D eigenvalue weighted by molar-refractivity contribution is 0.101. The van der Waals surface area contributed by atoms with Gasteiger partial charge in [0, 0.05) is 0 Å². The van der Waals surface area contributed by atoms with Crippen LogP contribution in [0.3, 0.4) is 0 Å². The van der Waals surface area contributed by atoms with Gasteiger partial charge in [-0.2, -0.15) is 0 Å². The lowest BCUT2D eigenvalue weighted by atomic mass is 10.2. The molecule has 0 unspecified atom stereocenters. The second-order valence-electron chi connectivity index (χ2n) is 2.26. The quantitative estimate of drug-likeness (QED) is 0.511. The standard InChI is InChI=1S/C8H12O/c1-3-7-5-6-8(4-2)9-7/h3-4,7-8H,1-2,5-6H2/t7-,8+. The lowest BCUT2D eigenvalue weighted by Crippen LogP contribution is -2.04. The fourth-order valence-electron chi connectivity index (χ4n) is 1.04. The van der Waals surface area contributed by atoms with Crippen molar-refractivity contribution in [2.75, 3.05) is 0 Å². The van der Waals surface area contributed by atoms with E-state index in [9.17, 15) is 0 Å². The normalized spacial score (nSPS) is 34.2. The third kappa shape index (κ3) is 1.42. The van der Waals surface area contributed by atoms with Gasteiger partial charge in [-0.1, -0.05) is 12.2 Å². The van der Waals surface area contributed by atoms with Crippen molar-refractivity contribution in [3.63, 3.8) is 0 Å². The highest BCUT2D eigenvalue weighted by molar-refractivity contribution is 4.92. The van der Waals surface area contributed by atoms with E-state index in [1.165, 1.54) is 0 Å². The number of ether oxygens (including phenoxy) is 1. The first-order chi connectivity index (χ1) is 4.36. The fraction of sp³-hybridized carbons (Fsp3) is 0.500. The Morgan fingerprint density at radius 2 is 1.56 bits per heavy atom. The van der Waals surface area contributed by atoms with E-state index in [1.54, 1.807) is 0 Å². The van der Waals surface area contributed by atoms with Crippen molar-refractivity contribution in [1.29, 1.82) is 0 Å². The van der Waals surface area contributed by atoms with Gasteiger partial charge in [0.05, 0.1) is 12.2 Å². The summed E-state index contributed by atoms with van der Waals surface area (Å²) < 4.78 is 5.42. The summed E-state index contributed by atoms with van der Waals surface area (Å²) in [7, 11) is 0. The Hall–Kier alpha value is -0.560. The van der Waals surface area contributed by atoms with E-state index in [-0.39, 0.29) is 12.2 Å². The second kappa shape index (κ2) is 2.83. The molecule has 0 spiro atoms. The summed E-state index contributed by atoms with van der Waals surface area (Å²) in [5, 5.41) is 0. The summed E-state index contributed by atoms with van der Waals surface area (Å²) in [4.78, 5) is 0. The maximum atomic E-state index is 5.42. The molecule has 1 rings (SSSR count). The van der Waals surface area contributed by atoms with Crippen LogP contribution in [0.2, 0.25) is 0 Å². The van der Waals surface area contributed by atoms with E-state index in [1.807, 2.05) is 12.2 Å². The molecule has 0 aromatic heterocycles. The van der Waals surface area contributed by atoms with Crippen molar-refractivity contribution in [2.24, 2.45) is 0 Å². The predicted octanol–water partition coefficient (Wildman–Crippen LogP) is 1.91. The number of hydrogen-bond donors (Lipinski definition) is 0. The van der Waals surface area contributed by atoms with Crippen LogP contribution in [-0.4, -0.2) is 12.2 Å². The van der Waals surface area contributed by atoms with Gasteiger partial charge in [-0.05, 0) is 12.8 Å². The van der Waals surface area contributed by atoms with Crippen LogP contribution in [0.15, 0.2) is 25.3 Å². The summed E-state index contributed by atoms with van der Waals surface area (Å²) in [5.74, 6) is 0. The van der Waals surface area contributed by atoms with Crippen LogP contribution < -0.4 is 0 Å². The molecule has 0 aliphatic carbocycles. The van der Waals surface area contributed by atoms with Gasteiger partial charge in [-0.3, -0.25) is 0 Å². The Kier molecular flexibility index (Phi) is 2.06. The van der Waals surface area contributed by atoms with E-state index in [0.29, 0.717) is 0 Å². The fourth-order valence-corrected chi connectivity index (χ4v) is 1.04. The zero-order chi connectivity index (χ0) is 6.69. The molecule has 0 aromatic carbocycles. The molecule has 1 nitrogen and oxygen atoms in total. The molecule has 50 valence electrons. The Morgan fingerprint density at radius 1 is 1.11 bits per heavy atom. The smallest absolute Gasteiger partial charge is 0.0762 e. The first-order valence-electron chi connectivity index (χ1n) is 3.27. The van der Waals surface area contributed by atoms with Crippen molar-refractivity contribution >= 4 is 0 Å². The second-order valence-corrected chi connectivity index (χ2v) is 2.26. The Bertz CT molecular complexity index is 104.